The molecule has 48 valence electrons. The molecular formula is C6H8N2O. The van der Waals surface area contributed by atoms with Gasteiger partial charge in [-0.15, -0.1) is 0 Å². The number of carbonyl (C=O) groups is 1. The van der Waals surface area contributed by atoms with Crippen LogP contribution in [0.1, 0.15) is 13.3 Å². The number of carbonyl (C=O) groups excluding carboxylic acids is 1. The van der Waals surface area contributed by atoms with E-state index in [9.17, 15) is 4.79 Å². The van der Waals surface area contributed by atoms with Crippen molar-refractivity contribution < 1.29 is 4.79 Å². The van der Waals surface area contributed by atoms with E-state index in [0.717, 1.165) is 0 Å². The van der Waals surface area contributed by atoms with Crippen molar-refractivity contribution in [2.45, 2.75) is 13.3 Å². The van der Waals surface area contributed by atoms with Gasteiger partial charge in [0.1, 0.15) is 11.6 Å². The van der Waals surface area contributed by atoms with Crippen molar-refractivity contribution in [3.8, 4) is 6.07 Å². The van der Waals surface area contributed by atoms with E-state index < -0.39 is 5.91 Å². The maximum atomic E-state index is 10.3. The Hall–Kier alpha value is -1.30. The minimum absolute atomic E-state index is 0.0394. The first kappa shape index (κ1) is 7.70. The smallest absolute Gasteiger partial charge is 0.259 e. The van der Waals surface area contributed by atoms with Crippen molar-refractivity contribution >= 4 is 5.91 Å². The van der Waals surface area contributed by atoms with E-state index in [1.165, 1.54) is 6.08 Å². The summed E-state index contributed by atoms with van der Waals surface area (Å²) in [6.07, 6.45) is 2.16. The molecule has 0 aliphatic rings. The van der Waals surface area contributed by atoms with Crippen LogP contribution in [0.4, 0.5) is 0 Å². The Balaban J connectivity index is 4.20. The molecule has 0 rings (SSSR count). The predicted octanol–water partition coefficient (Wildman–Crippen LogP) is 0.332. The lowest BCUT2D eigenvalue weighted by molar-refractivity contribution is -0.114. The summed E-state index contributed by atoms with van der Waals surface area (Å²) in [7, 11) is 0. The van der Waals surface area contributed by atoms with Gasteiger partial charge in [0.05, 0.1) is 0 Å². The molecule has 0 aliphatic heterocycles. The van der Waals surface area contributed by atoms with Crippen molar-refractivity contribution in [1.82, 2.24) is 0 Å². The summed E-state index contributed by atoms with van der Waals surface area (Å²) >= 11 is 0. The highest BCUT2D eigenvalue weighted by Gasteiger charge is 1.99. The van der Waals surface area contributed by atoms with Crippen LogP contribution in [-0.2, 0) is 4.79 Å². The van der Waals surface area contributed by atoms with E-state index >= 15 is 0 Å². The fourth-order valence-corrected chi connectivity index (χ4v) is 0.405. The van der Waals surface area contributed by atoms with E-state index in [-0.39, 0.29) is 5.57 Å². The maximum Gasteiger partial charge on any atom is 0.259 e. The van der Waals surface area contributed by atoms with Crippen molar-refractivity contribution in [2.75, 3.05) is 0 Å². The molecular weight excluding hydrogens is 116 g/mol. The highest BCUT2D eigenvalue weighted by molar-refractivity contribution is 5.95. The van der Waals surface area contributed by atoms with Gasteiger partial charge in [-0.25, -0.2) is 0 Å². The molecule has 0 spiro atoms. The van der Waals surface area contributed by atoms with Crippen molar-refractivity contribution in [3.05, 3.63) is 11.6 Å². The van der Waals surface area contributed by atoms with Gasteiger partial charge < -0.3 is 5.73 Å². The van der Waals surface area contributed by atoms with Crippen molar-refractivity contribution in [2.24, 2.45) is 5.73 Å². The second-order valence-corrected chi connectivity index (χ2v) is 1.50. The van der Waals surface area contributed by atoms with Gasteiger partial charge in [-0.3, -0.25) is 4.79 Å². The molecule has 0 aromatic carbocycles. The van der Waals surface area contributed by atoms with E-state index in [1.807, 2.05) is 6.92 Å². The molecule has 0 atom stereocenters. The van der Waals surface area contributed by atoms with Crippen LogP contribution < -0.4 is 5.73 Å². The zero-order chi connectivity index (χ0) is 7.28. The second-order valence-electron chi connectivity index (χ2n) is 1.50. The number of nitrogens with two attached hydrogens (primary N) is 1. The molecule has 3 heteroatoms. The minimum atomic E-state index is -0.653. The number of amides is 1. The van der Waals surface area contributed by atoms with E-state index in [0.29, 0.717) is 6.42 Å². The predicted molar refractivity (Wildman–Crippen MR) is 33.2 cm³/mol. The van der Waals surface area contributed by atoms with Crippen LogP contribution in [0.15, 0.2) is 11.6 Å². The lowest BCUT2D eigenvalue weighted by atomic mass is 10.2. The largest absolute Gasteiger partial charge is 0.365 e. The number of primary amides is 1. The third-order valence-corrected chi connectivity index (χ3v) is 0.794. The van der Waals surface area contributed by atoms with Gasteiger partial charge >= 0.3 is 0 Å². The fourth-order valence-electron chi connectivity index (χ4n) is 0.405. The molecule has 3 nitrogen and oxygen atoms in total. The highest BCUT2D eigenvalue weighted by Crippen LogP contribution is 1.91. The van der Waals surface area contributed by atoms with Crippen LogP contribution in [-0.4, -0.2) is 5.91 Å². The Kier molecular flexibility index (Phi) is 3.14. The first-order valence-corrected chi connectivity index (χ1v) is 2.62. The van der Waals surface area contributed by atoms with Crippen molar-refractivity contribution in [1.29, 1.82) is 5.26 Å². The quantitative estimate of drug-likeness (QED) is 0.426. The van der Waals surface area contributed by atoms with Crippen LogP contribution in [0.2, 0.25) is 0 Å². The highest BCUT2D eigenvalue weighted by atomic mass is 16.1. The summed E-state index contributed by atoms with van der Waals surface area (Å²) in [4.78, 5) is 10.3. The normalized spacial score (nSPS) is 10.4. The molecule has 2 N–H and O–H groups in total. The average molecular weight is 124 g/mol. The standard InChI is InChI=1S/C6H8N2O/c1-2-3-5(4-7)6(8)9/h3H,2H2,1H3,(H2,8,9). The Morgan fingerprint density at radius 2 is 2.44 bits per heavy atom. The Morgan fingerprint density at radius 1 is 1.89 bits per heavy atom. The minimum Gasteiger partial charge on any atom is -0.365 e. The molecule has 0 heterocycles. The molecule has 0 unspecified atom stereocenters. The lowest BCUT2D eigenvalue weighted by Crippen LogP contribution is -2.12. The molecule has 0 fully saturated rings. The van der Waals surface area contributed by atoms with Crippen LogP contribution >= 0.6 is 0 Å². The lowest BCUT2D eigenvalue weighted by Gasteiger charge is -1.85. The van der Waals surface area contributed by atoms with E-state index in [1.54, 1.807) is 6.07 Å². The summed E-state index contributed by atoms with van der Waals surface area (Å²) in [5.41, 5.74) is 4.84. The van der Waals surface area contributed by atoms with Gasteiger partial charge in [-0.05, 0) is 6.42 Å². The van der Waals surface area contributed by atoms with Crippen LogP contribution in [0.3, 0.4) is 0 Å². The molecule has 0 aromatic heterocycles. The SMILES string of the molecule is CCC=C(C#N)C(N)=O. The third kappa shape index (κ3) is 2.50. The summed E-state index contributed by atoms with van der Waals surface area (Å²) in [5, 5.41) is 8.21. The first-order chi connectivity index (χ1) is 4.22. The monoisotopic (exact) mass is 124 g/mol. The molecule has 9 heavy (non-hydrogen) atoms. The summed E-state index contributed by atoms with van der Waals surface area (Å²) in [5.74, 6) is -0.653. The van der Waals surface area contributed by atoms with Gasteiger partial charge in [-0.2, -0.15) is 5.26 Å². The Bertz CT molecular complexity index is 176. The first-order valence-electron chi connectivity index (χ1n) is 2.62. The molecule has 0 aromatic rings. The van der Waals surface area contributed by atoms with E-state index in [4.69, 9.17) is 11.0 Å². The topological polar surface area (TPSA) is 66.9 Å². The second kappa shape index (κ2) is 3.67. The fraction of sp³-hybridized carbons (Fsp3) is 0.333. The van der Waals surface area contributed by atoms with Crippen LogP contribution in [0.5, 0.6) is 0 Å². The van der Waals surface area contributed by atoms with Gasteiger partial charge in [-0.1, -0.05) is 13.0 Å². The third-order valence-electron chi connectivity index (χ3n) is 0.794. The van der Waals surface area contributed by atoms with Gasteiger partial charge in [0.15, 0.2) is 0 Å². The number of allylic oxidation sites excluding steroid dienone is 1. The van der Waals surface area contributed by atoms with E-state index in [2.05, 4.69) is 0 Å². The Labute approximate surface area is 53.8 Å². The number of nitriles is 1. The van der Waals surface area contributed by atoms with Crippen LogP contribution in [0, 0.1) is 11.3 Å². The zero-order valence-corrected chi connectivity index (χ0v) is 5.22. The molecule has 0 radical (unpaired) electrons. The summed E-state index contributed by atoms with van der Waals surface area (Å²) in [6.45, 7) is 1.83. The molecule has 0 saturated heterocycles. The molecule has 0 bridgehead atoms. The number of rotatable bonds is 2. The van der Waals surface area contributed by atoms with Gasteiger partial charge in [0.25, 0.3) is 5.91 Å². The van der Waals surface area contributed by atoms with Crippen LogP contribution in [0.25, 0.3) is 0 Å². The molecule has 0 saturated carbocycles. The maximum absolute atomic E-state index is 10.3. The van der Waals surface area contributed by atoms with Gasteiger partial charge in [0.2, 0.25) is 0 Å². The summed E-state index contributed by atoms with van der Waals surface area (Å²) < 4.78 is 0. The number of nitrogens with zero attached hydrogens (tertiary/aromatic N) is 1. The number of hydrogen-bond donors (Lipinski definition) is 1. The average Bonchev–Trinajstić information content (AvgIpc) is 1.82. The summed E-state index contributed by atoms with van der Waals surface area (Å²) in [6, 6.07) is 1.69. The Morgan fingerprint density at radius 3 is 2.56 bits per heavy atom. The van der Waals surface area contributed by atoms with Crippen molar-refractivity contribution in [3.63, 3.8) is 0 Å². The molecule has 0 aliphatic carbocycles. The molecule has 1 amide bonds. The number of hydrogen-bond acceptors (Lipinski definition) is 2. The zero-order valence-electron chi connectivity index (χ0n) is 5.22. The van der Waals surface area contributed by atoms with Gasteiger partial charge in [0, 0.05) is 0 Å².